The topological polar surface area (TPSA) is 97.0 Å². The normalized spacial score (nSPS) is 11.0. The van der Waals surface area contributed by atoms with Crippen LogP contribution in [0.5, 0.6) is 0 Å². The summed E-state index contributed by atoms with van der Waals surface area (Å²) in [5.41, 5.74) is 7.81. The van der Waals surface area contributed by atoms with Crippen LogP contribution in [-0.2, 0) is 13.1 Å². The van der Waals surface area contributed by atoms with Crippen molar-refractivity contribution < 1.29 is 0 Å². The van der Waals surface area contributed by atoms with E-state index in [2.05, 4.69) is 9.97 Å². The SMILES string of the molecule is CN(Cc1cc2ccccc2nc1Cl)c1c(N)n(Cc2ccccc2)c(=O)[nH]c1=O. The van der Waals surface area contributed by atoms with Crippen LogP contribution in [-0.4, -0.2) is 21.6 Å². The van der Waals surface area contributed by atoms with Gasteiger partial charge in [-0.15, -0.1) is 0 Å². The van der Waals surface area contributed by atoms with Gasteiger partial charge in [-0.05, 0) is 17.7 Å². The van der Waals surface area contributed by atoms with Crippen molar-refractivity contribution in [2.45, 2.75) is 13.1 Å². The molecule has 152 valence electrons. The molecular formula is C22H20ClN5O2. The molecule has 0 bridgehead atoms. The molecule has 0 aliphatic carbocycles. The predicted octanol–water partition coefficient (Wildman–Crippen LogP) is 3.01. The van der Waals surface area contributed by atoms with Crippen molar-refractivity contribution >= 4 is 34.0 Å². The Balaban J connectivity index is 1.71. The van der Waals surface area contributed by atoms with Gasteiger partial charge in [0.05, 0.1) is 12.1 Å². The maximum Gasteiger partial charge on any atom is 0.330 e. The lowest BCUT2D eigenvalue weighted by molar-refractivity contribution is 0.725. The van der Waals surface area contributed by atoms with Crippen LogP contribution in [0, 0.1) is 0 Å². The molecular weight excluding hydrogens is 402 g/mol. The average molecular weight is 422 g/mol. The Morgan fingerprint density at radius 2 is 1.80 bits per heavy atom. The Kier molecular flexibility index (Phi) is 5.29. The zero-order valence-corrected chi connectivity index (χ0v) is 17.1. The lowest BCUT2D eigenvalue weighted by Gasteiger charge is -2.22. The van der Waals surface area contributed by atoms with E-state index in [1.54, 1.807) is 11.9 Å². The average Bonchev–Trinajstić information content (AvgIpc) is 2.72. The molecule has 0 saturated carbocycles. The van der Waals surface area contributed by atoms with Crippen LogP contribution in [0.25, 0.3) is 10.9 Å². The summed E-state index contributed by atoms with van der Waals surface area (Å²) in [7, 11) is 1.73. The lowest BCUT2D eigenvalue weighted by atomic mass is 10.1. The van der Waals surface area contributed by atoms with E-state index in [0.717, 1.165) is 22.0 Å². The summed E-state index contributed by atoms with van der Waals surface area (Å²) in [6.07, 6.45) is 0. The number of fused-ring (bicyclic) bond motifs is 1. The molecule has 0 saturated heterocycles. The molecule has 0 aliphatic rings. The summed E-state index contributed by atoms with van der Waals surface area (Å²) < 4.78 is 1.35. The van der Waals surface area contributed by atoms with Crippen LogP contribution >= 0.6 is 11.6 Å². The van der Waals surface area contributed by atoms with E-state index in [-0.39, 0.29) is 18.1 Å². The molecule has 0 unspecified atom stereocenters. The number of para-hydroxylation sites is 1. The van der Waals surface area contributed by atoms with Gasteiger partial charge in [-0.2, -0.15) is 0 Å². The van der Waals surface area contributed by atoms with Crippen molar-refractivity contribution in [2.75, 3.05) is 17.7 Å². The Labute approximate surface area is 177 Å². The molecule has 0 amide bonds. The number of pyridine rings is 1. The number of nitrogens with one attached hydrogen (secondary N) is 1. The lowest BCUT2D eigenvalue weighted by Crippen LogP contribution is -2.37. The number of anilines is 2. The highest BCUT2D eigenvalue weighted by molar-refractivity contribution is 6.30. The van der Waals surface area contributed by atoms with Gasteiger partial charge in [0.1, 0.15) is 16.7 Å². The van der Waals surface area contributed by atoms with E-state index in [0.29, 0.717) is 11.7 Å². The number of hydrogen-bond acceptors (Lipinski definition) is 5. The highest BCUT2D eigenvalue weighted by Gasteiger charge is 2.18. The van der Waals surface area contributed by atoms with Crippen molar-refractivity contribution in [3.8, 4) is 0 Å². The third kappa shape index (κ3) is 3.79. The van der Waals surface area contributed by atoms with E-state index < -0.39 is 11.2 Å². The van der Waals surface area contributed by atoms with Crippen LogP contribution in [0.15, 0.2) is 70.3 Å². The number of halogens is 1. The molecule has 2 aromatic heterocycles. The van der Waals surface area contributed by atoms with Gasteiger partial charge in [-0.3, -0.25) is 14.3 Å². The van der Waals surface area contributed by atoms with Gasteiger partial charge in [0, 0.05) is 24.5 Å². The minimum absolute atomic E-state index is 0.0972. The molecule has 0 aliphatic heterocycles. The minimum atomic E-state index is -0.552. The van der Waals surface area contributed by atoms with Crippen LogP contribution in [0.4, 0.5) is 11.5 Å². The Bertz CT molecular complexity index is 1330. The number of nitrogens with two attached hydrogens (primary N) is 1. The summed E-state index contributed by atoms with van der Waals surface area (Å²) in [6.45, 7) is 0.550. The first-order chi connectivity index (χ1) is 14.4. The zero-order valence-electron chi connectivity index (χ0n) is 16.3. The quantitative estimate of drug-likeness (QED) is 0.483. The number of H-pyrrole nitrogens is 1. The fraction of sp³-hybridized carbons (Fsp3) is 0.136. The zero-order chi connectivity index (χ0) is 21.3. The summed E-state index contributed by atoms with van der Waals surface area (Å²) in [6, 6.07) is 19.0. The van der Waals surface area contributed by atoms with Crippen LogP contribution < -0.4 is 21.9 Å². The van der Waals surface area contributed by atoms with Crippen molar-refractivity contribution in [2.24, 2.45) is 0 Å². The molecule has 2 heterocycles. The number of nitrogen functional groups attached to an aromatic ring is 1. The monoisotopic (exact) mass is 421 g/mol. The molecule has 0 fully saturated rings. The molecule has 30 heavy (non-hydrogen) atoms. The molecule has 3 N–H and O–H groups in total. The molecule has 7 nitrogen and oxygen atoms in total. The standard InChI is InChI=1S/C22H20ClN5O2/c1-27(13-16-11-15-9-5-6-10-17(15)25-19(16)23)18-20(24)28(22(30)26-21(18)29)12-14-7-3-2-4-8-14/h2-11H,12-13,24H2,1H3,(H,26,29,30). The smallest absolute Gasteiger partial charge is 0.330 e. The summed E-state index contributed by atoms with van der Waals surface area (Å²) in [5, 5.41) is 1.30. The molecule has 8 heteroatoms. The molecule has 0 atom stereocenters. The maximum atomic E-state index is 12.6. The number of benzene rings is 2. The molecule has 0 radical (unpaired) electrons. The first kappa shape index (κ1) is 19.7. The largest absolute Gasteiger partial charge is 0.383 e. The molecule has 2 aromatic carbocycles. The summed E-state index contributed by atoms with van der Waals surface area (Å²) in [5.74, 6) is 0.0972. The number of aromatic amines is 1. The second-order valence-corrected chi connectivity index (χ2v) is 7.41. The van der Waals surface area contributed by atoms with Crippen LogP contribution in [0.3, 0.4) is 0 Å². The Morgan fingerprint density at radius 1 is 1.10 bits per heavy atom. The fourth-order valence-corrected chi connectivity index (χ4v) is 3.66. The number of nitrogens with zero attached hydrogens (tertiary/aromatic N) is 3. The highest BCUT2D eigenvalue weighted by atomic mass is 35.5. The second kappa shape index (κ2) is 8.04. The Hall–Kier alpha value is -3.58. The van der Waals surface area contributed by atoms with E-state index >= 15 is 0 Å². The first-order valence-corrected chi connectivity index (χ1v) is 9.73. The van der Waals surface area contributed by atoms with E-state index in [4.69, 9.17) is 17.3 Å². The molecule has 0 spiro atoms. The third-order valence-corrected chi connectivity index (χ3v) is 5.26. The van der Waals surface area contributed by atoms with Crippen LogP contribution in [0.1, 0.15) is 11.1 Å². The van der Waals surface area contributed by atoms with Crippen molar-refractivity contribution in [3.05, 3.63) is 97.8 Å². The number of hydrogen-bond donors (Lipinski definition) is 2. The fourth-order valence-electron chi connectivity index (χ4n) is 3.45. The van der Waals surface area contributed by atoms with Crippen molar-refractivity contribution in [3.63, 3.8) is 0 Å². The summed E-state index contributed by atoms with van der Waals surface area (Å²) in [4.78, 5) is 33.4. The van der Waals surface area contributed by atoms with Crippen molar-refractivity contribution in [1.29, 1.82) is 0 Å². The van der Waals surface area contributed by atoms with Gasteiger partial charge in [0.15, 0.2) is 0 Å². The highest BCUT2D eigenvalue weighted by Crippen LogP contribution is 2.24. The minimum Gasteiger partial charge on any atom is -0.383 e. The van der Waals surface area contributed by atoms with Crippen molar-refractivity contribution in [1.82, 2.24) is 14.5 Å². The molecule has 4 rings (SSSR count). The van der Waals surface area contributed by atoms with Gasteiger partial charge in [0.2, 0.25) is 0 Å². The Morgan fingerprint density at radius 3 is 2.57 bits per heavy atom. The maximum absolute atomic E-state index is 12.6. The van der Waals surface area contributed by atoms with Gasteiger partial charge < -0.3 is 10.6 Å². The van der Waals surface area contributed by atoms with E-state index in [1.165, 1.54) is 4.57 Å². The number of aromatic nitrogens is 3. The second-order valence-electron chi connectivity index (χ2n) is 7.05. The van der Waals surface area contributed by atoms with E-state index in [1.807, 2.05) is 60.7 Å². The summed E-state index contributed by atoms with van der Waals surface area (Å²) >= 11 is 6.37. The van der Waals surface area contributed by atoms with E-state index in [9.17, 15) is 9.59 Å². The van der Waals surface area contributed by atoms with Gasteiger partial charge in [0.25, 0.3) is 5.56 Å². The first-order valence-electron chi connectivity index (χ1n) is 9.36. The third-order valence-electron chi connectivity index (χ3n) is 4.94. The van der Waals surface area contributed by atoms with Gasteiger partial charge >= 0.3 is 5.69 Å². The van der Waals surface area contributed by atoms with Crippen LogP contribution in [0.2, 0.25) is 5.15 Å². The molecule has 4 aromatic rings. The number of rotatable bonds is 5. The predicted molar refractivity (Wildman–Crippen MR) is 120 cm³/mol. The van der Waals surface area contributed by atoms with Gasteiger partial charge in [-0.1, -0.05) is 60.1 Å². The van der Waals surface area contributed by atoms with Gasteiger partial charge in [-0.25, -0.2) is 9.78 Å².